The molecule has 1 N–H and O–H groups in total. The summed E-state index contributed by atoms with van der Waals surface area (Å²) in [7, 11) is 0. The summed E-state index contributed by atoms with van der Waals surface area (Å²) in [5.41, 5.74) is 4.22. The highest BCUT2D eigenvalue weighted by atomic mass is 16.5. The van der Waals surface area contributed by atoms with E-state index in [0.717, 1.165) is 13.2 Å². The largest absolute Gasteiger partial charge is 0.378 e. The molecule has 2 rings (SSSR count). The molecule has 50 valence electrons. The van der Waals surface area contributed by atoms with Gasteiger partial charge in [-0.2, -0.15) is 5.10 Å². The lowest BCUT2D eigenvalue weighted by Gasteiger charge is -2.03. The predicted octanol–water partition coefficient (Wildman–Crippen LogP) is -0.0195. The van der Waals surface area contributed by atoms with Crippen LogP contribution in [0.25, 0.3) is 0 Å². The van der Waals surface area contributed by atoms with Crippen LogP contribution in [0.4, 0.5) is 0 Å². The maximum absolute atomic E-state index is 5.24. The number of hydrogen-bond donors (Lipinski definition) is 1. The van der Waals surface area contributed by atoms with Crippen LogP contribution in [0.5, 0.6) is 0 Å². The van der Waals surface area contributed by atoms with Gasteiger partial charge >= 0.3 is 0 Å². The van der Waals surface area contributed by atoms with Gasteiger partial charge in [0.15, 0.2) is 0 Å². The molecule has 0 aliphatic carbocycles. The van der Waals surface area contributed by atoms with Crippen LogP contribution >= 0.6 is 0 Å². The zero-order valence-corrected chi connectivity index (χ0v) is 5.42. The molecular weight excluding hydrogens is 116 g/mol. The van der Waals surface area contributed by atoms with Gasteiger partial charge in [-0.25, -0.2) is 0 Å². The molecule has 0 radical (unpaired) electrons. The third kappa shape index (κ3) is 0.645. The van der Waals surface area contributed by atoms with Crippen molar-refractivity contribution in [3.63, 3.8) is 0 Å². The van der Waals surface area contributed by atoms with E-state index in [1.165, 1.54) is 5.71 Å². The van der Waals surface area contributed by atoms with Gasteiger partial charge in [-0.3, -0.25) is 0 Å². The zero-order chi connectivity index (χ0) is 6.27. The molecule has 2 atom stereocenters. The SMILES string of the molecule is CC1=NNC2COCC12. The monoisotopic (exact) mass is 126 g/mol. The Morgan fingerprint density at radius 3 is 3.33 bits per heavy atom. The van der Waals surface area contributed by atoms with Crippen LogP contribution in [0, 0.1) is 5.92 Å². The molecule has 9 heavy (non-hydrogen) atoms. The van der Waals surface area contributed by atoms with Gasteiger partial charge in [-0.15, -0.1) is 0 Å². The van der Waals surface area contributed by atoms with Gasteiger partial charge in [-0.1, -0.05) is 0 Å². The maximum Gasteiger partial charge on any atom is 0.0776 e. The number of nitrogens with zero attached hydrogens (tertiary/aromatic N) is 1. The molecule has 0 aromatic heterocycles. The predicted molar refractivity (Wildman–Crippen MR) is 34.3 cm³/mol. The number of rotatable bonds is 0. The molecule has 0 spiro atoms. The lowest BCUT2D eigenvalue weighted by molar-refractivity contribution is 0.185. The zero-order valence-electron chi connectivity index (χ0n) is 5.42. The summed E-state index contributed by atoms with van der Waals surface area (Å²) in [5.74, 6) is 0.560. The molecule has 1 saturated heterocycles. The van der Waals surface area contributed by atoms with E-state index in [1.54, 1.807) is 0 Å². The second-order valence-corrected chi connectivity index (χ2v) is 2.63. The molecule has 2 unspecified atom stereocenters. The summed E-state index contributed by atoms with van der Waals surface area (Å²) >= 11 is 0. The highest BCUT2D eigenvalue weighted by Crippen LogP contribution is 2.19. The van der Waals surface area contributed by atoms with Crippen molar-refractivity contribution in [2.75, 3.05) is 13.2 Å². The van der Waals surface area contributed by atoms with Gasteiger partial charge in [0.1, 0.15) is 0 Å². The summed E-state index contributed by atoms with van der Waals surface area (Å²) < 4.78 is 5.24. The third-order valence-electron chi connectivity index (χ3n) is 2.02. The first-order valence-electron chi connectivity index (χ1n) is 3.25. The van der Waals surface area contributed by atoms with Crippen molar-refractivity contribution in [2.45, 2.75) is 13.0 Å². The van der Waals surface area contributed by atoms with Gasteiger partial charge in [0, 0.05) is 11.6 Å². The number of nitrogens with one attached hydrogen (secondary N) is 1. The number of hydrazone groups is 1. The van der Waals surface area contributed by atoms with Gasteiger partial charge < -0.3 is 10.2 Å². The molecule has 0 aromatic rings. The van der Waals surface area contributed by atoms with E-state index in [-0.39, 0.29) is 0 Å². The summed E-state index contributed by atoms with van der Waals surface area (Å²) in [6, 6.07) is 0.477. The first-order chi connectivity index (χ1) is 4.38. The van der Waals surface area contributed by atoms with E-state index in [4.69, 9.17) is 4.74 Å². The maximum atomic E-state index is 5.24. The first-order valence-corrected chi connectivity index (χ1v) is 3.25. The molecule has 3 nitrogen and oxygen atoms in total. The van der Waals surface area contributed by atoms with E-state index in [1.807, 2.05) is 6.92 Å². The normalized spacial score (nSPS) is 39.9. The average Bonchev–Trinajstić information content (AvgIpc) is 2.35. The molecule has 2 heterocycles. The Labute approximate surface area is 54.1 Å². The van der Waals surface area contributed by atoms with Crippen LogP contribution in [-0.2, 0) is 4.74 Å². The summed E-state index contributed by atoms with van der Waals surface area (Å²) in [6.07, 6.45) is 0. The van der Waals surface area contributed by atoms with Crippen LogP contribution < -0.4 is 5.43 Å². The Bertz CT molecular complexity index is 155. The van der Waals surface area contributed by atoms with Crippen molar-refractivity contribution in [2.24, 2.45) is 11.0 Å². The Balaban J connectivity index is 2.16. The van der Waals surface area contributed by atoms with Crippen LogP contribution in [-0.4, -0.2) is 25.0 Å². The molecule has 2 aliphatic heterocycles. The molecule has 0 aromatic carbocycles. The van der Waals surface area contributed by atoms with Crippen LogP contribution in [0.2, 0.25) is 0 Å². The van der Waals surface area contributed by atoms with Crippen molar-refractivity contribution < 1.29 is 4.74 Å². The van der Waals surface area contributed by atoms with Gasteiger partial charge in [0.2, 0.25) is 0 Å². The van der Waals surface area contributed by atoms with Crippen molar-refractivity contribution in [1.29, 1.82) is 0 Å². The first kappa shape index (κ1) is 5.23. The fourth-order valence-electron chi connectivity index (χ4n) is 1.36. The van der Waals surface area contributed by atoms with Gasteiger partial charge in [0.05, 0.1) is 19.3 Å². The Hall–Kier alpha value is -0.570. The highest BCUT2D eigenvalue weighted by molar-refractivity contribution is 5.86. The minimum Gasteiger partial charge on any atom is -0.378 e. The Kier molecular flexibility index (Phi) is 0.990. The minimum absolute atomic E-state index is 0.477. The standard InChI is InChI=1S/C6H10N2O/c1-4-5-2-9-3-6(5)8-7-4/h5-6,8H,2-3H2,1H3. The molecular formula is C6H10N2O. The summed E-state index contributed by atoms with van der Waals surface area (Å²) in [4.78, 5) is 0. The molecule has 0 saturated carbocycles. The van der Waals surface area contributed by atoms with E-state index in [2.05, 4.69) is 10.5 Å². The lowest BCUT2D eigenvalue weighted by Crippen LogP contribution is -2.26. The van der Waals surface area contributed by atoms with Gasteiger partial charge in [-0.05, 0) is 6.92 Å². The molecule has 0 bridgehead atoms. The van der Waals surface area contributed by atoms with E-state index < -0.39 is 0 Å². The molecule has 2 aliphatic rings. The quantitative estimate of drug-likeness (QED) is 0.495. The summed E-state index contributed by atoms with van der Waals surface area (Å²) in [6.45, 7) is 3.73. The average molecular weight is 126 g/mol. The second kappa shape index (κ2) is 1.70. The smallest absolute Gasteiger partial charge is 0.0776 e. The van der Waals surface area contributed by atoms with Gasteiger partial charge in [0.25, 0.3) is 0 Å². The van der Waals surface area contributed by atoms with E-state index >= 15 is 0 Å². The molecule has 0 amide bonds. The molecule has 1 fully saturated rings. The molecule has 3 heteroatoms. The Morgan fingerprint density at radius 2 is 2.56 bits per heavy atom. The van der Waals surface area contributed by atoms with E-state index in [0.29, 0.717) is 12.0 Å². The third-order valence-corrected chi connectivity index (χ3v) is 2.02. The minimum atomic E-state index is 0.477. The summed E-state index contributed by atoms with van der Waals surface area (Å²) in [5, 5.41) is 4.11. The van der Waals surface area contributed by atoms with Crippen LogP contribution in [0.1, 0.15) is 6.92 Å². The number of ether oxygens (including phenoxy) is 1. The topological polar surface area (TPSA) is 33.6 Å². The van der Waals surface area contributed by atoms with Crippen molar-refractivity contribution in [3.8, 4) is 0 Å². The van der Waals surface area contributed by atoms with Crippen molar-refractivity contribution in [1.82, 2.24) is 5.43 Å². The van der Waals surface area contributed by atoms with E-state index in [9.17, 15) is 0 Å². The van der Waals surface area contributed by atoms with Crippen LogP contribution in [0.15, 0.2) is 5.10 Å². The van der Waals surface area contributed by atoms with Crippen LogP contribution in [0.3, 0.4) is 0 Å². The number of hydrogen-bond acceptors (Lipinski definition) is 3. The number of fused-ring (bicyclic) bond motifs is 1. The highest BCUT2D eigenvalue weighted by Gasteiger charge is 2.33. The lowest BCUT2D eigenvalue weighted by atomic mass is 10.0. The second-order valence-electron chi connectivity index (χ2n) is 2.63. The fourth-order valence-corrected chi connectivity index (χ4v) is 1.36. The Morgan fingerprint density at radius 1 is 1.67 bits per heavy atom. The van der Waals surface area contributed by atoms with Crippen molar-refractivity contribution >= 4 is 5.71 Å². The fraction of sp³-hybridized carbons (Fsp3) is 0.833. The van der Waals surface area contributed by atoms with Crippen molar-refractivity contribution in [3.05, 3.63) is 0 Å².